The minimum atomic E-state index is -0.0295. The first kappa shape index (κ1) is 17.7. The summed E-state index contributed by atoms with van der Waals surface area (Å²) in [6.07, 6.45) is 0. The molecule has 0 aliphatic carbocycles. The summed E-state index contributed by atoms with van der Waals surface area (Å²) in [7, 11) is 0. The van der Waals surface area contributed by atoms with Gasteiger partial charge in [0.15, 0.2) is 10.9 Å². The van der Waals surface area contributed by atoms with Crippen molar-refractivity contribution in [3.63, 3.8) is 0 Å². The molecule has 0 aliphatic rings. The third-order valence-electron chi connectivity index (χ3n) is 5.98. The first-order valence-corrected chi connectivity index (χ1v) is 10.2. The zero-order valence-corrected chi connectivity index (χ0v) is 16.6. The number of aromatic nitrogens is 2. The van der Waals surface area contributed by atoms with E-state index in [9.17, 15) is 9.59 Å². The SMILES string of the molecule is O=c1c2ccccc2[nH]c2cc3c(=O)c4ccccc4n(Cc4ccccc4)c3cc12. The van der Waals surface area contributed by atoms with Gasteiger partial charge in [0.25, 0.3) is 0 Å². The smallest absolute Gasteiger partial charge is 0.197 e. The summed E-state index contributed by atoms with van der Waals surface area (Å²) >= 11 is 0. The maximum absolute atomic E-state index is 13.4. The van der Waals surface area contributed by atoms with Crippen molar-refractivity contribution in [1.82, 2.24) is 9.55 Å². The molecule has 31 heavy (non-hydrogen) atoms. The summed E-state index contributed by atoms with van der Waals surface area (Å²) in [5.41, 5.74) is 4.15. The van der Waals surface area contributed by atoms with Gasteiger partial charge in [-0.2, -0.15) is 0 Å². The molecule has 1 N–H and O–H groups in total. The van der Waals surface area contributed by atoms with Crippen molar-refractivity contribution >= 4 is 43.6 Å². The summed E-state index contributed by atoms with van der Waals surface area (Å²) < 4.78 is 2.13. The molecule has 2 aromatic heterocycles. The van der Waals surface area contributed by atoms with Crippen LogP contribution in [-0.2, 0) is 6.54 Å². The van der Waals surface area contributed by atoms with Crippen molar-refractivity contribution in [1.29, 1.82) is 0 Å². The summed E-state index contributed by atoms with van der Waals surface area (Å²) in [4.78, 5) is 30.0. The normalized spacial score (nSPS) is 11.6. The van der Waals surface area contributed by atoms with Crippen LogP contribution >= 0.6 is 0 Å². The Kier molecular flexibility index (Phi) is 3.80. The lowest BCUT2D eigenvalue weighted by atomic mass is 10.0. The lowest BCUT2D eigenvalue weighted by Crippen LogP contribution is -2.13. The Morgan fingerprint density at radius 3 is 2.10 bits per heavy atom. The van der Waals surface area contributed by atoms with Gasteiger partial charge in [-0.15, -0.1) is 0 Å². The van der Waals surface area contributed by atoms with Gasteiger partial charge < -0.3 is 9.55 Å². The van der Waals surface area contributed by atoms with Gasteiger partial charge in [-0.25, -0.2) is 0 Å². The molecule has 4 nitrogen and oxygen atoms in total. The molecule has 0 amide bonds. The lowest BCUT2D eigenvalue weighted by molar-refractivity contribution is 0.863. The molecule has 0 fully saturated rings. The van der Waals surface area contributed by atoms with Crippen molar-refractivity contribution in [2.24, 2.45) is 0 Å². The number of hydrogen-bond donors (Lipinski definition) is 1. The molecule has 6 aromatic rings. The largest absolute Gasteiger partial charge is 0.354 e. The minimum Gasteiger partial charge on any atom is -0.354 e. The highest BCUT2D eigenvalue weighted by Crippen LogP contribution is 2.25. The Morgan fingerprint density at radius 1 is 0.581 bits per heavy atom. The zero-order chi connectivity index (χ0) is 20.9. The van der Waals surface area contributed by atoms with Crippen LogP contribution in [0.25, 0.3) is 43.6 Å². The predicted octanol–water partition coefficient (Wildman–Crippen LogP) is 5.20. The molecular formula is C27H18N2O2. The van der Waals surface area contributed by atoms with Gasteiger partial charge in [-0.3, -0.25) is 9.59 Å². The van der Waals surface area contributed by atoms with Gasteiger partial charge in [0.2, 0.25) is 0 Å². The van der Waals surface area contributed by atoms with E-state index >= 15 is 0 Å². The highest BCUT2D eigenvalue weighted by atomic mass is 16.1. The van der Waals surface area contributed by atoms with Crippen molar-refractivity contribution < 1.29 is 0 Å². The Bertz CT molecular complexity index is 1750. The second-order valence-corrected chi connectivity index (χ2v) is 7.83. The number of para-hydroxylation sites is 2. The van der Waals surface area contributed by atoms with E-state index in [-0.39, 0.29) is 10.9 Å². The molecule has 2 heterocycles. The molecule has 4 heteroatoms. The number of nitrogens with zero attached hydrogens (tertiary/aromatic N) is 1. The Morgan fingerprint density at radius 2 is 1.26 bits per heavy atom. The molecule has 0 saturated carbocycles. The molecule has 6 rings (SSSR count). The van der Waals surface area contributed by atoms with Crippen LogP contribution in [0.2, 0.25) is 0 Å². The molecular weight excluding hydrogens is 384 g/mol. The average molecular weight is 402 g/mol. The summed E-state index contributed by atoms with van der Waals surface area (Å²) in [5.74, 6) is 0. The van der Waals surface area contributed by atoms with E-state index in [1.165, 1.54) is 0 Å². The third kappa shape index (κ3) is 2.69. The monoisotopic (exact) mass is 402 g/mol. The van der Waals surface area contributed by atoms with Crippen LogP contribution in [0, 0.1) is 0 Å². The highest BCUT2D eigenvalue weighted by Gasteiger charge is 2.14. The Hall–Kier alpha value is -4.18. The summed E-state index contributed by atoms with van der Waals surface area (Å²) in [6, 6.07) is 29.0. The number of H-pyrrole nitrogens is 1. The van der Waals surface area contributed by atoms with Gasteiger partial charge >= 0.3 is 0 Å². The summed E-state index contributed by atoms with van der Waals surface area (Å²) in [5, 5.41) is 2.51. The Labute approximate surface area is 177 Å². The van der Waals surface area contributed by atoms with Gasteiger partial charge in [0, 0.05) is 33.6 Å². The number of pyridine rings is 2. The van der Waals surface area contributed by atoms with Crippen LogP contribution in [0.15, 0.2) is 101 Å². The molecule has 0 bridgehead atoms. The van der Waals surface area contributed by atoms with Crippen molar-refractivity contribution in [2.75, 3.05) is 0 Å². The van der Waals surface area contributed by atoms with Crippen LogP contribution in [0.5, 0.6) is 0 Å². The van der Waals surface area contributed by atoms with E-state index in [0.717, 1.165) is 22.1 Å². The summed E-state index contributed by atoms with van der Waals surface area (Å²) in [6.45, 7) is 0.606. The third-order valence-corrected chi connectivity index (χ3v) is 5.98. The molecule has 0 radical (unpaired) electrons. The number of aromatic amines is 1. The first-order chi connectivity index (χ1) is 15.2. The second-order valence-electron chi connectivity index (χ2n) is 7.83. The van der Waals surface area contributed by atoms with Gasteiger partial charge in [-0.05, 0) is 42.0 Å². The van der Waals surface area contributed by atoms with Crippen LogP contribution in [0.4, 0.5) is 0 Å². The number of rotatable bonds is 2. The van der Waals surface area contributed by atoms with Crippen LogP contribution in [0.1, 0.15) is 5.56 Å². The number of fused-ring (bicyclic) bond motifs is 4. The number of nitrogens with one attached hydrogen (secondary N) is 1. The van der Waals surface area contributed by atoms with Crippen LogP contribution < -0.4 is 10.9 Å². The standard InChI is InChI=1S/C27H18N2O2/c30-26-18-10-4-6-12-22(18)28-23-14-21-25(15-20(23)26)29(16-17-8-2-1-3-9-17)24-13-7-5-11-19(24)27(21)31/h1-15H,16H2,(H,28,30). The van der Waals surface area contributed by atoms with Gasteiger partial charge in [0.05, 0.1) is 16.6 Å². The van der Waals surface area contributed by atoms with Gasteiger partial charge in [0.1, 0.15) is 0 Å². The first-order valence-electron chi connectivity index (χ1n) is 10.2. The topological polar surface area (TPSA) is 54.9 Å². The van der Waals surface area contributed by atoms with Crippen molar-refractivity contribution in [3.05, 3.63) is 117 Å². The Balaban J connectivity index is 1.79. The minimum absolute atomic E-state index is 0.0224. The van der Waals surface area contributed by atoms with E-state index < -0.39 is 0 Å². The van der Waals surface area contributed by atoms with Gasteiger partial charge in [-0.1, -0.05) is 54.6 Å². The molecule has 148 valence electrons. The number of hydrogen-bond acceptors (Lipinski definition) is 2. The number of benzene rings is 4. The maximum atomic E-state index is 13.4. The molecule has 0 unspecified atom stereocenters. The average Bonchev–Trinajstić information content (AvgIpc) is 2.82. The fraction of sp³-hybridized carbons (Fsp3) is 0.0370. The predicted molar refractivity (Wildman–Crippen MR) is 127 cm³/mol. The lowest BCUT2D eigenvalue weighted by Gasteiger charge is -2.16. The van der Waals surface area contributed by atoms with Crippen molar-refractivity contribution in [2.45, 2.75) is 6.54 Å². The van der Waals surface area contributed by atoms with E-state index in [1.807, 2.05) is 78.9 Å². The fourth-order valence-electron chi connectivity index (χ4n) is 4.48. The second kappa shape index (κ2) is 6.67. The van der Waals surface area contributed by atoms with E-state index in [0.29, 0.717) is 33.6 Å². The van der Waals surface area contributed by atoms with Crippen LogP contribution in [0.3, 0.4) is 0 Å². The highest BCUT2D eigenvalue weighted by molar-refractivity contribution is 6.03. The van der Waals surface area contributed by atoms with E-state index in [1.54, 1.807) is 0 Å². The fourth-order valence-corrected chi connectivity index (χ4v) is 4.48. The van der Waals surface area contributed by atoms with Crippen molar-refractivity contribution in [3.8, 4) is 0 Å². The molecule has 4 aromatic carbocycles. The quantitative estimate of drug-likeness (QED) is 0.405. The maximum Gasteiger partial charge on any atom is 0.197 e. The molecule has 0 atom stereocenters. The molecule has 0 spiro atoms. The van der Waals surface area contributed by atoms with E-state index in [4.69, 9.17) is 0 Å². The van der Waals surface area contributed by atoms with Crippen LogP contribution in [-0.4, -0.2) is 9.55 Å². The van der Waals surface area contributed by atoms with E-state index in [2.05, 4.69) is 21.7 Å². The zero-order valence-electron chi connectivity index (χ0n) is 16.6. The molecule has 0 saturated heterocycles. The molecule has 0 aliphatic heterocycles.